The summed E-state index contributed by atoms with van der Waals surface area (Å²) in [4.78, 5) is 14.3. The molecule has 3 heteroatoms. The maximum atomic E-state index is 5.06. The molecule has 0 bridgehead atoms. The molecule has 3 heterocycles. The van der Waals surface area contributed by atoms with E-state index in [1.165, 1.54) is 55.6 Å². The van der Waals surface area contributed by atoms with Gasteiger partial charge in [0.05, 0.1) is 16.8 Å². The van der Waals surface area contributed by atoms with Crippen LogP contribution in [0.3, 0.4) is 0 Å². The molecule has 0 atom stereocenters. The molecule has 0 amide bonds. The molecule has 0 fully saturated rings. The molecule has 2 aliphatic rings. The third-order valence-electron chi connectivity index (χ3n) is 11.5. The first-order valence-electron chi connectivity index (χ1n) is 18.7. The Labute approximate surface area is 320 Å². The molecular formula is C52H33N3. The zero-order chi connectivity index (χ0) is 36.3. The molecule has 0 saturated carbocycles. The normalized spacial score (nSPS) is 12.9. The van der Waals surface area contributed by atoms with Gasteiger partial charge in [0, 0.05) is 47.0 Å². The molecule has 55 heavy (non-hydrogen) atoms. The van der Waals surface area contributed by atoms with E-state index in [0.29, 0.717) is 0 Å². The van der Waals surface area contributed by atoms with Crippen molar-refractivity contribution in [1.82, 2.24) is 15.0 Å². The third kappa shape index (κ3) is 4.80. The molecule has 9 aromatic rings. The summed E-state index contributed by atoms with van der Waals surface area (Å²) in [7, 11) is 0. The van der Waals surface area contributed by atoms with Crippen LogP contribution < -0.4 is 0 Å². The Morgan fingerprint density at radius 3 is 1.20 bits per heavy atom. The Balaban J connectivity index is 1.19. The van der Waals surface area contributed by atoms with Gasteiger partial charge in [0.1, 0.15) is 0 Å². The summed E-state index contributed by atoms with van der Waals surface area (Å²) >= 11 is 0. The lowest BCUT2D eigenvalue weighted by Gasteiger charge is -2.36. The van der Waals surface area contributed by atoms with E-state index in [0.717, 1.165) is 44.8 Å². The Kier molecular flexibility index (Phi) is 7.08. The van der Waals surface area contributed by atoms with E-state index >= 15 is 0 Å². The molecule has 11 rings (SSSR count). The SMILES string of the molecule is c1ccc(-c2ccc(-c3ccc4c(c3)C3(c5cc(-c6ccc(-c7ccncc7)cn6)ccc5-c5ccccc5-4)c4ccccc4-c4ccccc43)nc2)cc1. The zero-order valence-corrected chi connectivity index (χ0v) is 29.9. The second kappa shape index (κ2) is 12.4. The fraction of sp³-hybridized carbons (Fsp3) is 0.0192. The van der Waals surface area contributed by atoms with Crippen LogP contribution >= 0.6 is 0 Å². The summed E-state index contributed by atoms with van der Waals surface area (Å²) in [6.45, 7) is 0. The van der Waals surface area contributed by atoms with Gasteiger partial charge in [-0.1, -0.05) is 140 Å². The smallest absolute Gasteiger partial charge is 0.0725 e. The van der Waals surface area contributed by atoms with Crippen LogP contribution in [0.15, 0.2) is 201 Å². The van der Waals surface area contributed by atoms with Crippen LogP contribution in [0.1, 0.15) is 22.3 Å². The molecule has 1 spiro atoms. The van der Waals surface area contributed by atoms with Gasteiger partial charge in [0.15, 0.2) is 0 Å². The first-order chi connectivity index (χ1) is 27.3. The van der Waals surface area contributed by atoms with Gasteiger partial charge in [-0.15, -0.1) is 0 Å². The number of nitrogens with zero attached hydrogens (tertiary/aromatic N) is 3. The lowest BCUT2D eigenvalue weighted by Crippen LogP contribution is -2.29. The summed E-state index contributed by atoms with van der Waals surface area (Å²) < 4.78 is 0. The Morgan fingerprint density at radius 1 is 0.291 bits per heavy atom. The van der Waals surface area contributed by atoms with E-state index in [2.05, 4.69) is 163 Å². The summed E-state index contributed by atoms with van der Waals surface area (Å²) in [5.41, 5.74) is 20.4. The van der Waals surface area contributed by atoms with Crippen molar-refractivity contribution >= 4 is 0 Å². The molecule has 0 unspecified atom stereocenters. The summed E-state index contributed by atoms with van der Waals surface area (Å²) in [5.74, 6) is 0. The van der Waals surface area contributed by atoms with Crippen LogP contribution in [-0.2, 0) is 5.41 Å². The second-order valence-corrected chi connectivity index (χ2v) is 14.4. The Morgan fingerprint density at radius 2 is 0.709 bits per heavy atom. The highest BCUT2D eigenvalue weighted by atomic mass is 14.7. The topological polar surface area (TPSA) is 38.7 Å². The number of fused-ring (bicyclic) bond motifs is 12. The van der Waals surface area contributed by atoms with Crippen LogP contribution in [0.4, 0.5) is 0 Å². The van der Waals surface area contributed by atoms with E-state index in [9.17, 15) is 0 Å². The van der Waals surface area contributed by atoms with Crippen LogP contribution in [0.25, 0.3) is 78.1 Å². The van der Waals surface area contributed by atoms with Crippen molar-refractivity contribution in [2.24, 2.45) is 0 Å². The maximum absolute atomic E-state index is 5.06. The quantitative estimate of drug-likeness (QED) is 0.184. The fourth-order valence-electron chi connectivity index (χ4n) is 9.06. The first kappa shape index (κ1) is 31.3. The maximum Gasteiger partial charge on any atom is 0.0725 e. The standard InChI is InChI=1S/C52H33N3/c1-2-10-34(11-3-1)38-20-24-50(54-32-38)36-18-22-44-40-12-4-5-13-41(40)45-23-19-37(51-25-21-39(33-55-51)35-26-28-53-29-27-35)31-49(45)52(48(44)30-36)46-16-8-6-14-42(46)43-15-7-9-17-47(43)52/h1-33H. The lowest BCUT2D eigenvalue weighted by molar-refractivity contribution is 0.776. The van der Waals surface area contributed by atoms with Crippen molar-refractivity contribution in [3.63, 3.8) is 0 Å². The average Bonchev–Trinajstić information content (AvgIpc) is 3.52. The average molecular weight is 700 g/mol. The van der Waals surface area contributed by atoms with E-state index < -0.39 is 5.41 Å². The van der Waals surface area contributed by atoms with Crippen LogP contribution in [0.5, 0.6) is 0 Å². The minimum absolute atomic E-state index is 0.621. The van der Waals surface area contributed by atoms with Crippen molar-refractivity contribution in [2.75, 3.05) is 0 Å². The highest BCUT2D eigenvalue weighted by Crippen LogP contribution is 2.62. The van der Waals surface area contributed by atoms with Gasteiger partial charge in [-0.3, -0.25) is 15.0 Å². The Bertz CT molecular complexity index is 2700. The van der Waals surface area contributed by atoms with E-state index in [1.54, 1.807) is 0 Å². The van der Waals surface area contributed by atoms with Gasteiger partial charge in [0.25, 0.3) is 0 Å². The van der Waals surface area contributed by atoms with Gasteiger partial charge < -0.3 is 0 Å². The lowest BCUT2D eigenvalue weighted by atomic mass is 9.65. The number of hydrogen-bond acceptors (Lipinski definition) is 3. The number of hydrogen-bond donors (Lipinski definition) is 0. The monoisotopic (exact) mass is 699 g/mol. The highest BCUT2D eigenvalue weighted by Gasteiger charge is 2.49. The van der Waals surface area contributed by atoms with Crippen molar-refractivity contribution in [2.45, 2.75) is 5.41 Å². The van der Waals surface area contributed by atoms with Crippen molar-refractivity contribution in [3.05, 3.63) is 223 Å². The number of pyridine rings is 3. The Hall–Kier alpha value is -7.23. The molecular weight excluding hydrogens is 667 g/mol. The number of rotatable bonds is 4. The molecule has 0 saturated heterocycles. The van der Waals surface area contributed by atoms with Crippen LogP contribution in [0.2, 0.25) is 0 Å². The summed E-state index contributed by atoms with van der Waals surface area (Å²) in [6.07, 6.45) is 7.61. The first-order valence-corrected chi connectivity index (χ1v) is 18.7. The summed E-state index contributed by atoms with van der Waals surface area (Å²) in [5, 5.41) is 0. The van der Waals surface area contributed by atoms with Gasteiger partial charge in [-0.05, 0) is 103 Å². The van der Waals surface area contributed by atoms with Gasteiger partial charge >= 0.3 is 0 Å². The number of aromatic nitrogens is 3. The zero-order valence-electron chi connectivity index (χ0n) is 29.9. The molecule has 3 nitrogen and oxygen atoms in total. The van der Waals surface area contributed by atoms with Crippen molar-refractivity contribution < 1.29 is 0 Å². The molecule has 256 valence electrons. The van der Waals surface area contributed by atoms with Gasteiger partial charge in [0.2, 0.25) is 0 Å². The molecule has 3 aromatic heterocycles. The minimum Gasteiger partial charge on any atom is -0.265 e. The molecule has 0 aliphatic heterocycles. The van der Waals surface area contributed by atoms with E-state index in [-0.39, 0.29) is 0 Å². The third-order valence-corrected chi connectivity index (χ3v) is 11.5. The molecule has 6 aromatic carbocycles. The highest BCUT2D eigenvalue weighted by molar-refractivity contribution is 5.98. The predicted octanol–water partition coefficient (Wildman–Crippen LogP) is 12.6. The second-order valence-electron chi connectivity index (χ2n) is 14.4. The molecule has 0 radical (unpaired) electrons. The summed E-state index contributed by atoms with van der Waals surface area (Å²) in [6, 6.07) is 64.0. The van der Waals surface area contributed by atoms with Crippen molar-refractivity contribution in [1.29, 1.82) is 0 Å². The van der Waals surface area contributed by atoms with Gasteiger partial charge in [-0.25, -0.2) is 0 Å². The largest absolute Gasteiger partial charge is 0.265 e. The molecule has 2 aliphatic carbocycles. The number of benzene rings is 6. The van der Waals surface area contributed by atoms with Gasteiger partial charge in [-0.2, -0.15) is 0 Å². The van der Waals surface area contributed by atoms with E-state index in [4.69, 9.17) is 9.97 Å². The fourth-order valence-corrected chi connectivity index (χ4v) is 9.06. The van der Waals surface area contributed by atoms with Crippen LogP contribution in [0, 0.1) is 0 Å². The van der Waals surface area contributed by atoms with Crippen LogP contribution in [-0.4, -0.2) is 15.0 Å². The van der Waals surface area contributed by atoms with E-state index in [1.807, 2.05) is 43.0 Å². The minimum atomic E-state index is -0.621. The van der Waals surface area contributed by atoms with Crippen molar-refractivity contribution in [3.8, 4) is 78.1 Å². The predicted molar refractivity (Wildman–Crippen MR) is 223 cm³/mol. The molecule has 0 N–H and O–H groups in total.